The van der Waals surface area contributed by atoms with Crippen LogP contribution in [-0.2, 0) is 16.1 Å². The zero-order chi connectivity index (χ0) is 13.4. The van der Waals surface area contributed by atoms with E-state index in [-0.39, 0.29) is 23.8 Å². The van der Waals surface area contributed by atoms with Crippen molar-refractivity contribution < 1.29 is 14.3 Å². The monoisotopic (exact) mass is 254 g/mol. The van der Waals surface area contributed by atoms with E-state index in [0.717, 1.165) is 0 Å². The molecule has 0 fully saturated rings. The van der Waals surface area contributed by atoms with E-state index in [0.29, 0.717) is 19.8 Å². The molecule has 0 atom stereocenters. The van der Waals surface area contributed by atoms with Gasteiger partial charge in [0.05, 0.1) is 13.2 Å². The third-order valence-corrected chi connectivity index (χ3v) is 2.23. The van der Waals surface area contributed by atoms with E-state index in [9.17, 15) is 9.59 Å². The van der Waals surface area contributed by atoms with E-state index in [4.69, 9.17) is 9.47 Å². The summed E-state index contributed by atoms with van der Waals surface area (Å²) in [4.78, 5) is 23.4. The summed E-state index contributed by atoms with van der Waals surface area (Å²) >= 11 is 0. The van der Waals surface area contributed by atoms with Gasteiger partial charge >= 0.3 is 0 Å². The van der Waals surface area contributed by atoms with Gasteiger partial charge in [-0.3, -0.25) is 9.59 Å². The predicted molar refractivity (Wildman–Crippen MR) is 66.8 cm³/mol. The second kappa shape index (κ2) is 7.50. The summed E-state index contributed by atoms with van der Waals surface area (Å²) in [6, 6.07) is 3.26. The molecule has 0 unspecified atom stereocenters. The highest BCUT2D eigenvalue weighted by Gasteiger charge is 2.07. The van der Waals surface area contributed by atoms with Gasteiger partial charge in [-0.25, -0.2) is 0 Å². The van der Waals surface area contributed by atoms with Gasteiger partial charge in [-0.1, -0.05) is 0 Å². The maximum absolute atomic E-state index is 11.9. The Morgan fingerprint density at radius 2 is 2.28 bits per heavy atom. The largest absolute Gasteiger partial charge is 0.488 e. The normalized spacial score (nSPS) is 10.1. The molecule has 6 nitrogen and oxygen atoms in total. The highest BCUT2D eigenvalue weighted by atomic mass is 16.5. The molecule has 0 spiro atoms. The van der Waals surface area contributed by atoms with Crippen molar-refractivity contribution in [1.82, 2.24) is 9.88 Å². The van der Waals surface area contributed by atoms with Crippen molar-refractivity contribution in [3.8, 4) is 5.75 Å². The lowest BCUT2D eigenvalue weighted by molar-refractivity contribution is -0.121. The van der Waals surface area contributed by atoms with Crippen LogP contribution in [0.1, 0.15) is 6.92 Å². The fraction of sp³-hybridized carbons (Fsp3) is 0.500. The van der Waals surface area contributed by atoms with Gasteiger partial charge in [0.15, 0.2) is 5.75 Å². The van der Waals surface area contributed by atoms with Crippen molar-refractivity contribution in [1.29, 1.82) is 0 Å². The molecule has 0 aromatic carbocycles. The first kappa shape index (κ1) is 14.2. The zero-order valence-electron chi connectivity index (χ0n) is 10.6. The average Bonchev–Trinajstić information content (AvgIpc) is 2.35. The van der Waals surface area contributed by atoms with Gasteiger partial charge < -0.3 is 19.4 Å². The Morgan fingerprint density at radius 1 is 1.50 bits per heavy atom. The van der Waals surface area contributed by atoms with Gasteiger partial charge in [-0.05, 0) is 19.1 Å². The van der Waals surface area contributed by atoms with Gasteiger partial charge in [0.2, 0.25) is 5.91 Å². The summed E-state index contributed by atoms with van der Waals surface area (Å²) in [6.07, 6.45) is 1.56. The molecule has 1 amide bonds. The van der Waals surface area contributed by atoms with Crippen LogP contribution in [0.3, 0.4) is 0 Å². The minimum absolute atomic E-state index is 0.0243. The SMILES string of the molecule is CCOc1cccn(CC(=O)NCCOC)c1=O. The smallest absolute Gasteiger partial charge is 0.293 e. The zero-order valence-corrected chi connectivity index (χ0v) is 10.6. The molecule has 1 heterocycles. The van der Waals surface area contributed by atoms with Gasteiger partial charge in [0.25, 0.3) is 5.56 Å². The Morgan fingerprint density at radius 3 is 2.94 bits per heavy atom. The molecule has 18 heavy (non-hydrogen) atoms. The number of pyridine rings is 1. The van der Waals surface area contributed by atoms with Gasteiger partial charge in [-0.2, -0.15) is 0 Å². The van der Waals surface area contributed by atoms with Crippen molar-refractivity contribution in [2.24, 2.45) is 0 Å². The second-order valence-corrected chi connectivity index (χ2v) is 3.58. The molecule has 0 aliphatic carbocycles. The number of nitrogens with one attached hydrogen (secondary N) is 1. The van der Waals surface area contributed by atoms with Crippen LogP contribution in [0.5, 0.6) is 5.75 Å². The first-order chi connectivity index (χ1) is 8.69. The van der Waals surface area contributed by atoms with Crippen LogP contribution < -0.4 is 15.6 Å². The van der Waals surface area contributed by atoms with E-state index in [2.05, 4.69) is 5.32 Å². The second-order valence-electron chi connectivity index (χ2n) is 3.58. The van der Waals surface area contributed by atoms with Crippen molar-refractivity contribution in [3.05, 3.63) is 28.7 Å². The van der Waals surface area contributed by atoms with Crippen LogP contribution in [0.2, 0.25) is 0 Å². The van der Waals surface area contributed by atoms with Crippen molar-refractivity contribution in [2.75, 3.05) is 26.9 Å². The van der Waals surface area contributed by atoms with Crippen molar-refractivity contribution in [3.63, 3.8) is 0 Å². The maximum Gasteiger partial charge on any atom is 0.293 e. The molecule has 0 saturated carbocycles. The molecule has 100 valence electrons. The summed E-state index contributed by atoms with van der Waals surface area (Å²) in [5, 5.41) is 2.65. The van der Waals surface area contributed by atoms with Gasteiger partial charge in [0.1, 0.15) is 6.54 Å². The van der Waals surface area contributed by atoms with Gasteiger partial charge in [-0.15, -0.1) is 0 Å². The van der Waals surface area contributed by atoms with E-state index >= 15 is 0 Å². The topological polar surface area (TPSA) is 69.6 Å². The average molecular weight is 254 g/mol. The van der Waals surface area contributed by atoms with E-state index in [1.54, 1.807) is 32.4 Å². The summed E-state index contributed by atoms with van der Waals surface area (Å²) in [5.41, 5.74) is -0.304. The molecule has 1 N–H and O–H groups in total. The number of rotatable bonds is 7. The van der Waals surface area contributed by atoms with Crippen LogP contribution in [-0.4, -0.2) is 37.3 Å². The summed E-state index contributed by atoms with van der Waals surface area (Å²) in [7, 11) is 1.56. The number of carbonyl (C=O) groups excluding carboxylic acids is 1. The maximum atomic E-state index is 11.9. The summed E-state index contributed by atoms with van der Waals surface area (Å²) in [5.74, 6) is 0.0208. The van der Waals surface area contributed by atoms with E-state index in [1.807, 2.05) is 0 Å². The Hall–Kier alpha value is -1.82. The highest BCUT2D eigenvalue weighted by Crippen LogP contribution is 2.01. The van der Waals surface area contributed by atoms with Gasteiger partial charge in [0, 0.05) is 19.9 Å². The molecular formula is C12H18N2O4. The lowest BCUT2D eigenvalue weighted by atomic mass is 10.4. The lowest BCUT2D eigenvalue weighted by Crippen LogP contribution is -2.34. The molecule has 1 rings (SSSR count). The standard InChI is InChI=1S/C12H18N2O4/c1-3-18-10-5-4-7-14(12(10)16)9-11(15)13-6-8-17-2/h4-5,7H,3,6,8-9H2,1-2H3,(H,13,15). The molecule has 6 heteroatoms. The minimum Gasteiger partial charge on any atom is -0.488 e. The number of ether oxygens (including phenoxy) is 2. The fourth-order valence-corrected chi connectivity index (χ4v) is 1.41. The Bertz CT molecular complexity index is 442. The number of carbonyl (C=O) groups is 1. The Labute approximate surface area is 106 Å². The number of hydrogen-bond acceptors (Lipinski definition) is 4. The lowest BCUT2D eigenvalue weighted by Gasteiger charge is -2.08. The highest BCUT2D eigenvalue weighted by molar-refractivity contribution is 5.75. The number of nitrogens with zero attached hydrogens (tertiary/aromatic N) is 1. The van der Waals surface area contributed by atoms with Crippen LogP contribution in [0.25, 0.3) is 0 Å². The predicted octanol–water partition coefficient (Wildman–Crippen LogP) is 0.00960. The first-order valence-electron chi connectivity index (χ1n) is 5.77. The number of aromatic nitrogens is 1. The third-order valence-electron chi connectivity index (χ3n) is 2.23. The molecule has 1 aromatic rings. The van der Waals surface area contributed by atoms with Crippen LogP contribution in [0.4, 0.5) is 0 Å². The summed E-state index contributed by atoms with van der Waals surface area (Å²) in [6.45, 7) is 3.06. The van der Waals surface area contributed by atoms with Crippen molar-refractivity contribution >= 4 is 5.91 Å². The first-order valence-corrected chi connectivity index (χ1v) is 5.77. The Kier molecular flexibility index (Phi) is 5.93. The number of methoxy groups -OCH3 is 1. The molecule has 0 radical (unpaired) electrons. The van der Waals surface area contributed by atoms with Crippen LogP contribution in [0, 0.1) is 0 Å². The molecule has 0 saturated heterocycles. The molecule has 0 aliphatic heterocycles. The molecule has 0 aliphatic rings. The fourth-order valence-electron chi connectivity index (χ4n) is 1.41. The number of amides is 1. The quantitative estimate of drug-likeness (QED) is 0.696. The van der Waals surface area contributed by atoms with E-state index in [1.165, 1.54) is 4.57 Å². The minimum atomic E-state index is -0.304. The van der Waals surface area contributed by atoms with Crippen LogP contribution in [0.15, 0.2) is 23.1 Å². The van der Waals surface area contributed by atoms with E-state index < -0.39 is 0 Å². The molecular weight excluding hydrogens is 236 g/mol. The Balaban J connectivity index is 2.64. The molecule has 0 bridgehead atoms. The molecule has 1 aromatic heterocycles. The van der Waals surface area contributed by atoms with Crippen LogP contribution >= 0.6 is 0 Å². The van der Waals surface area contributed by atoms with Crippen molar-refractivity contribution in [2.45, 2.75) is 13.5 Å². The third kappa shape index (κ3) is 4.21. The summed E-state index contributed by atoms with van der Waals surface area (Å²) < 4.78 is 11.3. The number of hydrogen-bond donors (Lipinski definition) is 1.